The van der Waals surface area contributed by atoms with Crippen LogP contribution in [-0.4, -0.2) is 42.0 Å². The third-order valence-corrected chi connectivity index (χ3v) is 3.40. The van der Waals surface area contributed by atoms with Crippen LogP contribution in [0.3, 0.4) is 0 Å². The summed E-state index contributed by atoms with van der Waals surface area (Å²) in [5, 5.41) is 0. The van der Waals surface area contributed by atoms with Crippen LogP contribution < -0.4 is 0 Å². The Balaban J connectivity index is 2.26. The Morgan fingerprint density at radius 3 is 2.11 bits per heavy atom. The SMILES string of the molecule is CC(C)(C)C(=O)COCCN(C1CC1)C(C)(C)C. The molecule has 0 atom stereocenters. The molecule has 1 fully saturated rings. The molecule has 0 amide bonds. The van der Waals surface area contributed by atoms with Crippen LogP contribution in [0.1, 0.15) is 54.4 Å². The highest BCUT2D eigenvalue weighted by Crippen LogP contribution is 2.32. The van der Waals surface area contributed by atoms with E-state index in [0.29, 0.717) is 6.61 Å². The number of carbonyl (C=O) groups is 1. The van der Waals surface area contributed by atoms with Crippen LogP contribution in [-0.2, 0) is 9.53 Å². The predicted octanol–water partition coefficient (Wildman–Crippen LogP) is 2.88. The van der Waals surface area contributed by atoms with E-state index in [9.17, 15) is 4.79 Å². The van der Waals surface area contributed by atoms with Gasteiger partial charge in [-0.25, -0.2) is 0 Å². The van der Waals surface area contributed by atoms with Crippen molar-refractivity contribution in [1.82, 2.24) is 4.90 Å². The van der Waals surface area contributed by atoms with Gasteiger partial charge in [0.05, 0.1) is 6.61 Å². The van der Waals surface area contributed by atoms with Gasteiger partial charge < -0.3 is 4.74 Å². The largest absolute Gasteiger partial charge is 0.372 e. The van der Waals surface area contributed by atoms with E-state index >= 15 is 0 Å². The third-order valence-electron chi connectivity index (χ3n) is 3.40. The summed E-state index contributed by atoms with van der Waals surface area (Å²) in [6, 6.07) is 0.729. The van der Waals surface area contributed by atoms with Gasteiger partial charge >= 0.3 is 0 Å². The number of hydrogen-bond donors (Lipinski definition) is 0. The number of hydrogen-bond acceptors (Lipinski definition) is 3. The highest BCUT2D eigenvalue weighted by molar-refractivity contribution is 5.84. The van der Waals surface area contributed by atoms with E-state index in [1.54, 1.807) is 0 Å². The first kappa shape index (κ1) is 15.6. The van der Waals surface area contributed by atoms with E-state index < -0.39 is 0 Å². The van der Waals surface area contributed by atoms with Gasteiger partial charge in [0.15, 0.2) is 5.78 Å². The van der Waals surface area contributed by atoms with Gasteiger partial charge in [0, 0.05) is 23.5 Å². The zero-order valence-corrected chi connectivity index (χ0v) is 12.9. The fourth-order valence-corrected chi connectivity index (χ4v) is 2.00. The molecule has 0 spiro atoms. The Bertz CT molecular complexity index is 282. The number of nitrogens with zero attached hydrogens (tertiary/aromatic N) is 1. The van der Waals surface area contributed by atoms with E-state index in [-0.39, 0.29) is 23.3 Å². The molecule has 0 aliphatic heterocycles. The minimum absolute atomic E-state index is 0.177. The van der Waals surface area contributed by atoms with Crippen molar-refractivity contribution in [3.63, 3.8) is 0 Å². The summed E-state index contributed by atoms with van der Waals surface area (Å²) in [6.45, 7) is 14.3. The van der Waals surface area contributed by atoms with Crippen molar-refractivity contribution in [2.45, 2.75) is 66.0 Å². The number of Topliss-reactive ketones (excluding diaryl/α,β-unsaturated/α-hetero) is 1. The summed E-state index contributed by atoms with van der Waals surface area (Å²) < 4.78 is 5.53. The lowest BCUT2D eigenvalue weighted by Gasteiger charge is -2.35. The molecular formula is C15H29NO2. The van der Waals surface area contributed by atoms with Gasteiger partial charge in [0.25, 0.3) is 0 Å². The molecule has 0 radical (unpaired) electrons. The maximum Gasteiger partial charge on any atom is 0.163 e. The van der Waals surface area contributed by atoms with Gasteiger partial charge in [-0.15, -0.1) is 0 Å². The normalized spacial score (nSPS) is 17.3. The summed E-state index contributed by atoms with van der Waals surface area (Å²) in [6.07, 6.45) is 2.61. The van der Waals surface area contributed by atoms with Crippen molar-refractivity contribution < 1.29 is 9.53 Å². The van der Waals surface area contributed by atoms with E-state index in [2.05, 4.69) is 25.7 Å². The molecule has 0 aromatic carbocycles. The first-order valence-corrected chi connectivity index (χ1v) is 7.00. The Morgan fingerprint density at radius 2 is 1.72 bits per heavy atom. The molecule has 3 heteroatoms. The zero-order chi connectivity index (χ0) is 14.0. The quantitative estimate of drug-likeness (QED) is 0.684. The second-order valence-corrected chi connectivity index (χ2v) is 7.32. The second-order valence-electron chi connectivity index (χ2n) is 7.32. The van der Waals surface area contributed by atoms with Crippen molar-refractivity contribution in [1.29, 1.82) is 0 Å². The van der Waals surface area contributed by atoms with Crippen LogP contribution in [0, 0.1) is 5.41 Å². The number of ether oxygens (including phenoxy) is 1. The minimum Gasteiger partial charge on any atom is -0.372 e. The second kappa shape index (κ2) is 5.70. The Hall–Kier alpha value is -0.410. The summed E-state index contributed by atoms with van der Waals surface area (Å²) >= 11 is 0. The van der Waals surface area contributed by atoms with Crippen LogP contribution in [0.25, 0.3) is 0 Å². The average molecular weight is 255 g/mol. The molecule has 0 N–H and O–H groups in total. The lowest BCUT2D eigenvalue weighted by molar-refractivity contribution is -0.131. The average Bonchev–Trinajstić information content (AvgIpc) is 2.97. The zero-order valence-electron chi connectivity index (χ0n) is 12.9. The number of ketones is 1. The molecule has 0 unspecified atom stereocenters. The van der Waals surface area contributed by atoms with Crippen molar-refractivity contribution in [3.05, 3.63) is 0 Å². The molecule has 18 heavy (non-hydrogen) atoms. The predicted molar refractivity (Wildman–Crippen MR) is 74.8 cm³/mol. The first-order valence-electron chi connectivity index (χ1n) is 7.00. The molecule has 0 saturated heterocycles. The summed E-state index contributed by atoms with van der Waals surface area (Å²) in [5.41, 5.74) is -0.0984. The smallest absolute Gasteiger partial charge is 0.163 e. The van der Waals surface area contributed by atoms with Gasteiger partial charge in [0.2, 0.25) is 0 Å². The molecule has 3 nitrogen and oxygen atoms in total. The third kappa shape index (κ3) is 5.07. The van der Waals surface area contributed by atoms with Crippen molar-refractivity contribution in [2.75, 3.05) is 19.8 Å². The molecule has 0 heterocycles. The molecule has 0 bridgehead atoms. The standard InChI is InChI=1S/C15H29NO2/c1-14(2,3)13(17)11-18-10-9-16(12-7-8-12)15(4,5)6/h12H,7-11H2,1-6H3. The van der Waals surface area contributed by atoms with Crippen LogP contribution in [0.5, 0.6) is 0 Å². The lowest BCUT2D eigenvalue weighted by Crippen LogP contribution is -2.45. The van der Waals surface area contributed by atoms with Crippen LogP contribution >= 0.6 is 0 Å². The van der Waals surface area contributed by atoms with Crippen LogP contribution in [0.4, 0.5) is 0 Å². The minimum atomic E-state index is -0.291. The van der Waals surface area contributed by atoms with E-state index in [1.807, 2.05) is 20.8 Å². The number of rotatable bonds is 6. The van der Waals surface area contributed by atoms with Gasteiger partial charge in [-0.1, -0.05) is 20.8 Å². The first-order chi connectivity index (χ1) is 8.12. The highest BCUT2D eigenvalue weighted by Gasteiger charge is 2.35. The molecule has 1 aliphatic rings. The molecular weight excluding hydrogens is 226 g/mol. The van der Waals surface area contributed by atoms with Crippen molar-refractivity contribution >= 4 is 5.78 Å². The Morgan fingerprint density at radius 1 is 1.17 bits per heavy atom. The van der Waals surface area contributed by atoms with Crippen LogP contribution in [0.15, 0.2) is 0 Å². The van der Waals surface area contributed by atoms with E-state index in [0.717, 1.165) is 12.6 Å². The molecule has 1 rings (SSSR count). The maximum absolute atomic E-state index is 11.7. The monoisotopic (exact) mass is 255 g/mol. The Kier molecular flexibility index (Phi) is 4.96. The summed E-state index contributed by atoms with van der Waals surface area (Å²) in [7, 11) is 0. The lowest BCUT2D eigenvalue weighted by atomic mass is 9.91. The van der Waals surface area contributed by atoms with Gasteiger partial charge in [-0.3, -0.25) is 9.69 Å². The highest BCUT2D eigenvalue weighted by atomic mass is 16.5. The molecule has 1 saturated carbocycles. The van der Waals surface area contributed by atoms with Crippen LogP contribution in [0.2, 0.25) is 0 Å². The van der Waals surface area contributed by atoms with E-state index in [4.69, 9.17) is 4.74 Å². The van der Waals surface area contributed by atoms with Gasteiger partial charge in [-0.2, -0.15) is 0 Å². The topological polar surface area (TPSA) is 29.5 Å². The Labute approximate surface area is 112 Å². The molecule has 0 aromatic heterocycles. The fourth-order valence-electron chi connectivity index (χ4n) is 2.00. The van der Waals surface area contributed by atoms with E-state index in [1.165, 1.54) is 12.8 Å². The fraction of sp³-hybridized carbons (Fsp3) is 0.933. The number of carbonyl (C=O) groups excluding carboxylic acids is 1. The molecule has 1 aliphatic carbocycles. The summed E-state index contributed by atoms with van der Waals surface area (Å²) in [5.74, 6) is 0.177. The maximum atomic E-state index is 11.7. The summed E-state index contributed by atoms with van der Waals surface area (Å²) in [4.78, 5) is 14.2. The van der Waals surface area contributed by atoms with Gasteiger partial charge in [0.1, 0.15) is 6.61 Å². The molecule has 106 valence electrons. The van der Waals surface area contributed by atoms with Crippen molar-refractivity contribution in [2.24, 2.45) is 5.41 Å². The van der Waals surface area contributed by atoms with Gasteiger partial charge in [-0.05, 0) is 33.6 Å². The molecule has 0 aromatic rings. The van der Waals surface area contributed by atoms with Crippen molar-refractivity contribution in [3.8, 4) is 0 Å².